The van der Waals surface area contributed by atoms with Crippen molar-refractivity contribution in [3.8, 4) is 5.88 Å². The highest BCUT2D eigenvalue weighted by Gasteiger charge is 2.37. The summed E-state index contributed by atoms with van der Waals surface area (Å²) < 4.78 is 49.5. The zero-order valence-corrected chi connectivity index (χ0v) is 19.4. The fourth-order valence-electron chi connectivity index (χ4n) is 4.34. The van der Waals surface area contributed by atoms with Gasteiger partial charge >= 0.3 is 6.18 Å². The molecule has 7 nitrogen and oxygen atoms in total. The summed E-state index contributed by atoms with van der Waals surface area (Å²) >= 11 is 0. The molecule has 2 fully saturated rings. The summed E-state index contributed by atoms with van der Waals surface area (Å²) in [6, 6.07) is 8.25. The van der Waals surface area contributed by atoms with Crippen LogP contribution in [0.3, 0.4) is 0 Å². The molecule has 1 aromatic heterocycles. The number of hydrogen-bond donors (Lipinski definition) is 2. The Morgan fingerprint density at radius 3 is 2.47 bits per heavy atom. The topological polar surface area (TPSA) is 71.5 Å². The highest BCUT2D eigenvalue weighted by atomic mass is 19.4. The maximum Gasteiger partial charge on any atom is 0.403 e. The first-order valence-corrected chi connectivity index (χ1v) is 11.9. The molecule has 0 radical (unpaired) electrons. The van der Waals surface area contributed by atoms with Gasteiger partial charge in [-0.05, 0) is 62.8 Å². The Hall–Kier alpha value is -2.59. The van der Waals surface area contributed by atoms with Gasteiger partial charge in [0, 0.05) is 42.8 Å². The minimum atomic E-state index is -4.20. The summed E-state index contributed by atoms with van der Waals surface area (Å²) in [7, 11) is 0. The van der Waals surface area contributed by atoms with Crippen molar-refractivity contribution in [1.29, 1.82) is 0 Å². The van der Waals surface area contributed by atoms with Crippen molar-refractivity contribution in [3.63, 3.8) is 0 Å². The minimum Gasteiger partial charge on any atom is -0.477 e. The first-order valence-electron chi connectivity index (χ1n) is 11.9. The van der Waals surface area contributed by atoms with Gasteiger partial charge in [-0.1, -0.05) is 0 Å². The number of hydrogen-bond acceptors (Lipinski definition) is 7. The molecule has 2 N–H and O–H groups in total. The normalized spacial score (nSPS) is 22.3. The van der Waals surface area contributed by atoms with E-state index in [1.54, 1.807) is 12.3 Å². The van der Waals surface area contributed by atoms with Crippen LogP contribution in [0, 0.1) is 5.92 Å². The van der Waals surface area contributed by atoms with E-state index in [1.165, 1.54) is 6.92 Å². The fourth-order valence-corrected chi connectivity index (χ4v) is 4.34. The summed E-state index contributed by atoms with van der Waals surface area (Å²) in [6.07, 6.45) is 0.522. The van der Waals surface area contributed by atoms with E-state index in [1.807, 2.05) is 12.1 Å². The number of morpholine rings is 1. The molecule has 1 atom stereocenters. The molecule has 2 aromatic rings. The number of ether oxygens (including phenoxy) is 2. The van der Waals surface area contributed by atoms with Crippen LogP contribution < -0.4 is 20.3 Å². The van der Waals surface area contributed by atoms with Crippen LogP contribution in [-0.2, 0) is 4.74 Å². The summed E-state index contributed by atoms with van der Waals surface area (Å²) in [5, 5.41) is 5.91. The van der Waals surface area contributed by atoms with Gasteiger partial charge in [0.1, 0.15) is 6.04 Å². The SMILES string of the molecule is CC(NC1CCC(COc2ccnc(Nc3ccc(N4CCOCC4)cc3)n2)CC1)C(F)(F)F. The van der Waals surface area contributed by atoms with Crippen molar-refractivity contribution in [2.45, 2.75) is 50.9 Å². The summed E-state index contributed by atoms with van der Waals surface area (Å²) in [5.41, 5.74) is 2.04. The maximum absolute atomic E-state index is 12.7. The number of anilines is 3. The van der Waals surface area contributed by atoms with E-state index in [4.69, 9.17) is 9.47 Å². The van der Waals surface area contributed by atoms with Gasteiger partial charge in [-0.15, -0.1) is 0 Å². The molecule has 0 bridgehead atoms. The molecule has 1 aliphatic heterocycles. The Morgan fingerprint density at radius 2 is 1.79 bits per heavy atom. The van der Waals surface area contributed by atoms with Gasteiger partial charge in [-0.3, -0.25) is 0 Å². The Kier molecular flexibility index (Phi) is 8.10. The molecule has 1 saturated heterocycles. The maximum atomic E-state index is 12.7. The van der Waals surface area contributed by atoms with Gasteiger partial charge in [-0.2, -0.15) is 18.2 Å². The van der Waals surface area contributed by atoms with Crippen LogP contribution in [-0.4, -0.2) is 61.1 Å². The van der Waals surface area contributed by atoms with E-state index in [2.05, 4.69) is 37.6 Å². The van der Waals surface area contributed by atoms with Crippen LogP contribution in [0.15, 0.2) is 36.5 Å². The van der Waals surface area contributed by atoms with Gasteiger partial charge in [-0.25, -0.2) is 4.98 Å². The zero-order chi connectivity index (χ0) is 24.0. The lowest BCUT2D eigenvalue weighted by Gasteiger charge is -2.31. The second kappa shape index (κ2) is 11.2. The van der Waals surface area contributed by atoms with E-state index in [0.29, 0.717) is 37.2 Å². The minimum absolute atomic E-state index is 0.0997. The standard InChI is InChI=1S/C24H32F3N5O2/c1-17(24(25,26)27)29-19-4-2-18(3-5-19)16-34-22-10-11-28-23(31-22)30-20-6-8-21(9-7-20)32-12-14-33-15-13-32/h6-11,17-19,29H,2-5,12-16H2,1H3,(H,28,30,31). The largest absolute Gasteiger partial charge is 0.477 e. The molecule has 0 spiro atoms. The molecule has 186 valence electrons. The highest BCUT2D eigenvalue weighted by Crippen LogP contribution is 2.28. The molecular weight excluding hydrogens is 447 g/mol. The predicted molar refractivity (Wildman–Crippen MR) is 125 cm³/mol. The van der Waals surface area contributed by atoms with Crippen molar-refractivity contribution in [3.05, 3.63) is 36.5 Å². The van der Waals surface area contributed by atoms with Crippen molar-refractivity contribution >= 4 is 17.3 Å². The highest BCUT2D eigenvalue weighted by molar-refractivity contribution is 5.59. The number of benzene rings is 1. The fraction of sp³-hybridized carbons (Fsp3) is 0.583. The van der Waals surface area contributed by atoms with Gasteiger partial charge in [0.05, 0.1) is 19.8 Å². The molecule has 1 unspecified atom stereocenters. The molecule has 0 amide bonds. The molecule has 2 aliphatic rings. The number of halogens is 3. The summed E-state index contributed by atoms with van der Waals surface area (Å²) in [6.45, 7) is 4.94. The zero-order valence-electron chi connectivity index (χ0n) is 19.4. The third-order valence-corrected chi connectivity index (χ3v) is 6.42. The lowest BCUT2D eigenvalue weighted by molar-refractivity contribution is -0.154. The predicted octanol–water partition coefficient (Wildman–Crippen LogP) is 4.53. The van der Waals surface area contributed by atoms with Gasteiger partial charge < -0.3 is 25.0 Å². The average Bonchev–Trinajstić information content (AvgIpc) is 2.84. The Balaban J connectivity index is 1.23. The van der Waals surface area contributed by atoms with E-state index < -0.39 is 12.2 Å². The first-order chi connectivity index (χ1) is 16.4. The molecular formula is C24H32F3N5O2. The molecule has 1 aliphatic carbocycles. The number of aromatic nitrogens is 2. The van der Waals surface area contributed by atoms with Crippen LogP contribution >= 0.6 is 0 Å². The molecule has 4 rings (SSSR count). The van der Waals surface area contributed by atoms with E-state index in [9.17, 15) is 13.2 Å². The summed E-state index contributed by atoms with van der Waals surface area (Å²) in [5.74, 6) is 1.23. The van der Waals surface area contributed by atoms with E-state index >= 15 is 0 Å². The van der Waals surface area contributed by atoms with Crippen LogP contribution in [0.5, 0.6) is 5.88 Å². The van der Waals surface area contributed by atoms with Crippen molar-refractivity contribution in [1.82, 2.24) is 15.3 Å². The number of nitrogens with zero attached hydrogens (tertiary/aromatic N) is 3. The molecule has 1 aromatic carbocycles. The van der Waals surface area contributed by atoms with Gasteiger partial charge in [0.15, 0.2) is 0 Å². The van der Waals surface area contributed by atoms with Crippen LogP contribution in [0.25, 0.3) is 0 Å². The summed E-state index contributed by atoms with van der Waals surface area (Å²) in [4.78, 5) is 11.0. The smallest absolute Gasteiger partial charge is 0.403 e. The Bertz CT molecular complexity index is 898. The third kappa shape index (κ3) is 6.96. The number of rotatable bonds is 8. The monoisotopic (exact) mass is 479 g/mol. The second-order valence-corrected chi connectivity index (χ2v) is 8.95. The Morgan fingerprint density at radius 1 is 1.09 bits per heavy atom. The van der Waals surface area contributed by atoms with Gasteiger partial charge in [0.25, 0.3) is 0 Å². The van der Waals surface area contributed by atoms with Crippen LogP contribution in [0.2, 0.25) is 0 Å². The first kappa shape index (κ1) is 24.5. The van der Waals surface area contributed by atoms with Crippen molar-refractivity contribution < 1.29 is 22.6 Å². The van der Waals surface area contributed by atoms with Crippen molar-refractivity contribution in [2.24, 2.45) is 5.92 Å². The van der Waals surface area contributed by atoms with Gasteiger partial charge in [0.2, 0.25) is 11.8 Å². The van der Waals surface area contributed by atoms with Crippen LogP contribution in [0.1, 0.15) is 32.6 Å². The lowest BCUT2D eigenvalue weighted by atomic mass is 9.86. The van der Waals surface area contributed by atoms with Crippen LogP contribution in [0.4, 0.5) is 30.5 Å². The molecule has 10 heteroatoms. The number of nitrogens with one attached hydrogen (secondary N) is 2. The molecule has 2 heterocycles. The quantitative estimate of drug-likeness (QED) is 0.576. The van der Waals surface area contributed by atoms with E-state index in [0.717, 1.165) is 50.5 Å². The van der Waals surface area contributed by atoms with E-state index in [-0.39, 0.29) is 6.04 Å². The van der Waals surface area contributed by atoms with Crippen molar-refractivity contribution in [2.75, 3.05) is 43.1 Å². The second-order valence-electron chi connectivity index (χ2n) is 8.95. The number of alkyl halides is 3. The molecule has 34 heavy (non-hydrogen) atoms. The third-order valence-electron chi connectivity index (χ3n) is 6.42. The lowest BCUT2D eigenvalue weighted by Crippen LogP contribution is -2.46. The molecule has 1 saturated carbocycles. The Labute approximate surface area is 198 Å². The average molecular weight is 480 g/mol.